The summed E-state index contributed by atoms with van der Waals surface area (Å²) in [6, 6.07) is 16.2. The highest BCUT2D eigenvalue weighted by Gasteiger charge is 2.09. The van der Waals surface area contributed by atoms with Crippen molar-refractivity contribution in [1.82, 2.24) is 4.90 Å². The van der Waals surface area contributed by atoms with E-state index in [1.165, 1.54) is 5.56 Å². The second-order valence-electron chi connectivity index (χ2n) is 5.22. The summed E-state index contributed by atoms with van der Waals surface area (Å²) in [4.78, 5) is 2.23. The average Bonchev–Trinajstić information content (AvgIpc) is 2.48. The van der Waals surface area contributed by atoms with Crippen LogP contribution in [-0.4, -0.2) is 23.6 Å². The third kappa shape index (κ3) is 5.55. The van der Waals surface area contributed by atoms with E-state index in [9.17, 15) is 5.11 Å². The minimum atomic E-state index is -0.412. The summed E-state index contributed by atoms with van der Waals surface area (Å²) in [5.74, 6) is 0. The largest absolute Gasteiger partial charge is 0.388 e. The van der Waals surface area contributed by atoms with Crippen LogP contribution in [0.15, 0.2) is 57.5 Å². The molecule has 2 aromatic rings. The zero-order valence-corrected chi connectivity index (χ0v) is 15.1. The molecule has 112 valence electrons. The highest BCUT2D eigenvalue weighted by Crippen LogP contribution is 2.20. The van der Waals surface area contributed by atoms with Crippen molar-refractivity contribution >= 4 is 31.9 Å². The Balaban J connectivity index is 1.81. The van der Waals surface area contributed by atoms with Crippen molar-refractivity contribution in [3.05, 3.63) is 68.6 Å². The van der Waals surface area contributed by atoms with E-state index in [1.54, 1.807) is 0 Å². The Morgan fingerprint density at radius 2 is 1.48 bits per heavy atom. The van der Waals surface area contributed by atoms with Crippen LogP contribution in [0.4, 0.5) is 0 Å². The summed E-state index contributed by atoms with van der Waals surface area (Å²) in [5, 5.41) is 10.2. The molecule has 4 heteroatoms. The lowest BCUT2D eigenvalue weighted by atomic mass is 10.1. The summed E-state index contributed by atoms with van der Waals surface area (Å²) in [5.41, 5.74) is 2.24. The fourth-order valence-electron chi connectivity index (χ4n) is 2.17. The van der Waals surface area contributed by atoms with Gasteiger partial charge in [0.1, 0.15) is 0 Å². The lowest BCUT2D eigenvalue weighted by Crippen LogP contribution is -2.20. The van der Waals surface area contributed by atoms with Crippen LogP contribution in [0.25, 0.3) is 0 Å². The van der Waals surface area contributed by atoms with Gasteiger partial charge >= 0.3 is 0 Å². The Hall–Kier alpha value is -0.680. The van der Waals surface area contributed by atoms with Crippen molar-refractivity contribution in [3.8, 4) is 0 Å². The maximum atomic E-state index is 10.2. The van der Waals surface area contributed by atoms with Crippen molar-refractivity contribution in [1.29, 1.82) is 0 Å². The zero-order chi connectivity index (χ0) is 15.2. The van der Waals surface area contributed by atoms with E-state index in [4.69, 9.17) is 0 Å². The second kappa shape index (κ2) is 8.08. The fourth-order valence-corrected chi connectivity index (χ4v) is 2.70. The Morgan fingerprint density at radius 3 is 2.05 bits per heavy atom. The van der Waals surface area contributed by atoms with Crippen molar-refractivity contribution in [2.45, 2.75) is 19.1 Å². The summed E-state index contributed by atoms with van der Waals surface area (Å²) in [7, 11) is 2.08. The molecular weight excluding hydrogens is 394 g/mol. The number of hydrogen-bond donors (Lipinski definition) is 1. The molecule has 21 heavy (non-hydrogen) atoms. The molecule has 2 aromatic carbocycles. The molecule has 0 aromatic heterocycles. The van der Waals surface area contributed by atoms with Gasteiger partial charge in [0.25, 0.3) is 0 Å². The fraction of sp³-hybridized carbons (Fsp3) is 0.294. The lowest BCUT2D eigenvalue weighted by Gasteiger charge is -2.19. The van der Waals surface area contributed by atoms with E-state index in [-0.39, 0.29) is 0 Å². The molecule has 0 saturated heterocycles. The van der Waals surface area contributed by atoms with Gasteiger partial charge in [-0.2, -0.15) is 0 Å². The van der Waals surface area contributed by atoms with E-state index >= 15 is 0 Å². The van der Waals surface area contributed by atoms with Crippen molar-refractivity contribution in [2.75, 3.05) is 13.6 Å². The summed E-state index contributed by atoms with van der Waals surface area (Å²) < 4.78 is 2.13. The summed E-state index contributed by atoms with van der Waals surface area (Å²) >= 11 is 6.85. The minimum Gasteiger partial charge on any atom is -0.388 e. The molecule has 0 spiro atoms. The van der Waals surface area contributed by atoms with Gasteiger partial charge in [-0.05, 0) is 48.9 Å². The molecule has 2 rings (SSSR count). The first-order valence-electron chi connectivity index (χ1n) is 6.91. The van der Waals surface area contributed by atoms with Crippen molar-refractivity contribution in [3.63, 3.8) is 0 Å². The maximum absolute atomic E-state index is 10.2. The van der Waals surface area contributed by atoms with Crippen LogP contribution in [0.3, 0.4) is 0 Å². The monoisotopic (exact) mass is 411 g/mol. The van der Waals surface area contributed by atoms with Gasteiger partial charge in [0, 0.05) is 22.0 Å². The first-order valence-corrected chi connectivity index (χ1v) is 8.50. The quantitative estimate of drug-likeness (QED) is 0.738. The topological polar surface area (TPSA) is 23.5 Å². The number of nitrogens with zero attached hydrogens (tertiary/aromatic N) is 1. The molecule has 1 unspecified atom stereocenters. The molecule has 0 amide bonds. The van der Waals surface area contributed by atoms with Gasteiger partial charge < -0.3 is 10.0 Å². The maximum Gasteiger partial charge on any atom is 0.0802 e. The number of rotatable bonds is 6. The van der Waals surface area contributed by atoms with Gasteiger partial charge in [-0.3, -0.25) is 0 Å². The molecule has 0 heterocycles. The van der Waals surface area contributed by atoms with Crippen LogP contribution in [0, 0.1) is 0 Å². The molecule has 2 nitrogen and oxygen atoms in total. The van der Waals surface area contributed by atoms with Crippen LogP contribution in [0.5, 0.6) is 0 Å². The predicted molar refractivity (Wildman–Crippen MR) is 94.2 cm³/mol. The SMILES string of the molecule is CN(CCC(O)c1ccc(Br)cc1)Cc1ccc(Br)cc1. The van der Waals surface area contributed by atoms with Gasteiger partial charge in [0.2, 0.25) is 0 Å². The normalized spacial score (nSPS) is 12.6. The highest BCUT2D eigenvalue weighted by molar-refractivity contribution is 9.10. The van der Waals surface area contributed by atoms with E-state index in [0.717, 1.165) is 34.0 Å². The van der Waals surface area contributed by atoms with Crippen LogP contribution < -0.4 is 0 Å². The van der Waals surface area contributed by atoms with Gasteiger partial charge in [-0.1, -0.05) is 56.1 Å². The van der Waals surface area contributed by atoms with Crippen LogP contribution in [0.2, 0.25) is 0 Å². The van der Waals surface area contributed by atoms with E-state index in [0.29, 0.717) is 0 Å². The molecule has 1 atom stereocenters. The van der Waals surface area contributed by atoms with Crippen molar-refractivity contribution in [2.24, 2.45) is 0 Å². The lowest BCUT2D eigenvalue weighted by molar-refractivity contribution is 0.147. The van der Waals surface area contributed by atoms with Crippen LogP contribution in [-0.2, 0) is 6.54 Å². The molecule has 1 N–H and O–H groups in total. The van der Waals surface area contributed by atoms with Crippen LogP contribution in [0.1, 0.15) is 23.7 Å². The molecule has 0 aliphatic rings. The Kier molecular flexibility index (Phi) is 6.42. The number of aliphatic hydroxyl groups is 1. The predicted octanol–water partition coefficient (Wildman–Crippen LogP) is 4.77. The first kappa shape index (κ1) is 16.7. The van der Waals surface area contributed by atoms with Crippen molar-refractivity contribution < 1.29 is 5.11 Å². The third-order valence-corrected chi connectivity index (χ3v) is 4.46. The molecule has 0 radical (unpaired) electrons. The average molecular weight is 413 g/mol. The van der Waals surface area contributed by atoms with Gasteiger partial charge in [-0.25, -0.2) is 0 Å². The zero-order valence-electron chi connectivity index (χ0n) is 12.0. The minimum absolute atomic E-state index is 0.412. The Bertz CT molecular complexity index is 554. The van der Waals surface area contributed by atoms with E-state index in [2.05, 4.69) is 68.1 Å². The standard InChI is InChI=1S/C17H19Br2NO/c1-20(12-13-2-6-15(18)7-3-13)11-10-17(21)14-4-8-16(19)9-5-14/h2-9,17,21H,10-12H2,1H3. The van der Waals surface area contributed by atoms with E-state index < -0.39 is 6.10 Å². The molecule has 0 bridgehead atoms. The third-order valence-electron chi connectivity index (χ3n) is 3.40. The number of benzene rings is 2. The smallest absolute Gasteiger partial charge is 0.0802 e. The molecule has 0 fully saturated rings. The van der Waals surface area contributed by atoms with E-state index in [1.807, 2.05) is 24.3 Å². The van der Waals surface area contributed by atoms with Gasteiger partial charge in [0.05, 0.1) is 6.10 Å². The first-order chi connectivity index (χ1) is 10.0. The Labute approximate surface area is 143 Å². The summed E-state index contributed by atoms with van der Waals surface area (Å²) in [6.45, 7) is 1.74. The Morgan fingerprint density at radius 1 is 0.952 bits per heavy atom. The van der Waals surface area contributed by atoms with Gasteiger partial charge in [0.15, 0.2) is 0 Å². The number of aliphatic hydroxyl groups excluding tert-OH is 1. The number of halogens is 2. The second-order valence-corrected chi connectivity index (χ2v) is 7.05. The molecule has 0 aliphatic carbocycles. The summed E-state index contributed by atoms with van der Waals surface area (Å²) in [6.07, 6.45) is 0.319. The highest BCUT2D eigenvalue weighted by atomic mass is 79.9. The molecule has 0 saturated carbocycles. The molecular formula is C17H19Br2NO. The number of hydrogen-bond acceptors (Lipinski definition) is 2. The van der Waals surface area contributed by atoms with Crippen LogP contribution >= 0.6 is 31.9 Å². The molecule has 0 aliphatic heterocycles. The van der Waals surface area contributed by atoms with Gasteiger partial charge in [-0.15, -0.1) is 0 Å².